The number of esters is 4. The van der Waals surface area contributed by atoms with Crippen LogP contribution in [0.1, 0.15) is 253 Å². The Balaban J connectivity index is 1.26. The third-order valence-electron chi connectivity index (χ3n) is 18.5. The van der Waals surface area contributed by atoms with E-state index in [9.17, 15) is 44.7 Å². The average molecular weight is 1310 g/mol. The number of hydrogen-bond donors (Lipinski definition) is 5. The minimum Gasteiger partial charge on any atom is -0.457 e. The molecule has 5 saturated heterocycles. The Morgan fingerprint density at radius 2 is 0.989 bits per heavy atom. The maximum absolute atomic E-state index is 14.0. The zero-order chi connectivity index (χ0) is 66.4. The van der Waals surface area contributed by atoms with Crippen molar-refractivity contribution in [2.24, 2.45) is 0 Å². The minimum atomic E-state index is -1.87. The predicted molar refractivity (Wildman–Crippen MR) is 342 cm³/mol. The van der Waals surface area contributed by atoms with E-state index >= 15 is 0 Å². The molecule has 0 saturated carbocycles. The Morgan fingerprint density at radius 3 is 1.62 bits per heavy atom. The number of ether oxygens (including phenoxy) is 12. The van der Waals surface area contributed by atoms with Crippen molar-refractivity contribution in [1.29, 1.82) is 0 Å². The summed E-state index contributed by atoms with van der Waals surface area (Å²) < 4.78 is 75.9. The SMILES string of the molecule is CCCCCCCCCCCC(=O)O[C@@H]1[C@@H](O)[C@@H](OC(=O)/C=C/c2ccccc2)[C@H](O[C@@H]2[C@@H](OC(=O)CCCCCCCCC)[C@@H](O)[C@H](O[C@@H]3[C@H]4OC(=O)CCCCCCCCC[C@H](CCCCC)O[C@@H]5O[C@H](C)[C@H](O)[C@H](O)[C@H]5O[C@H](O[C@H]3C)[C@@H]4O)O[C@H]2C)O[C@H]1C. The normalized spacial score (nSPS) is 34.6. The maximum Gasteiger partial charge on any atom is 0.331 e. The first-order chi connectivity index (χ1) is 44.4. The van der Waals surface area contributed by atoms with E-state index in [0.29, 0.717) is 24.8 Å². The topological polar surface area (TPSA) is 280 Å². The molecule has 5 fully saturated rings. The lowest BCUT2D eigenvalue weighted by Crippen LogP contribution is -2.67. The molecule has 0 spiro atoms. The van der Waals surface area contributed by atoms with Crippen molar-refractivity contribution >= 4 is 30.0 Å². The summed E-state index contributed by atoms with van der Waals surface area (Å²) in [7, 11) is 0. The predicted octanol–water partition coefficient (Wildman–Crippen LogP) is 10.8. The van der Waals surface area contributed by atoms with Gasteiger partial charge >= 0.3 is 23.9 Å². The van der Waals surface area contributed by atoms with Gasteiger partial charge in [0.05, 0.1) is 30.5 Å². The molecule has 1 aromatic carbocycles. The number of benzene rings is 1. The lowest BCUT2D eigenvalue weighted by molar-refractivity contribution is -0.387. The van der Waals surface area contributed by atoms with Gasteiger partial charge in [-0.2, -0.15) is 0 Å². The van der Waals surface area contributed by atoms with E-state index in [1.165, 1.54) is 37.8 Å². The zero-order valence-corrected chi connectivity index (χ0v) is 56.4. The molecule has 21 atom stereocenters. The number of aliphatic hydroxyl groups excluding tert-OH is 5. The molecular weight excluding hydrogens is 1190 g/mol. The summed E-state index contributed by atoms with van der Waals surface area (Å²) >= 11 is 0. The summed E-state index contributed by atoms with van der Waals surface area (Å²) in [6.45, 7) is 12.8. The number of carbonyl (C=O) groups is 4. The van der Waals surface area contributed by atoms with Gasteiger partial charge < -0.3 is 82.4 Å². The molecule has 92 heavy (non-hydrogen) atoms. The van der Waals surface area contributed by atoms with Crippen molar-refractivity contribution in [3.05, 3.63) is 42.0 Å². The van der Waals surface area contributed by atoms with Gasteiger partial charge in [-0.15, -0.1) is 0 Å². The summed E-state index contributed by atoms with van der Waals surface area (Å²) in [4.78, 5) is 55.1. The standard InChI is InChI=1S/C71H116O21/c1-8-11-14-16-18-19-23-27-34-41-52(72)86-61-47(5)84-71(67(58(61)78)89-55(75)45-44-50-37-31-29-32-38-50)91-63-49(7)82-68(59(79)65(63)88-54(74)42-35-26-21-17-15-12-9-2)90-62-48(6)83-69-60(80)64(62)87-53(73)43-36-28-24-20-22-25-33-40-51(39-30-13-10-3)85-70-66(92-69)57(77)56(76)46(4)81-70/h29,31-32,37-38,44-49,51,56-71,76-80H,8-28,30,33-36,39-43H2,1-7H3/b45-44+/t46-,47+,48+,49+,51+,56+,57+,58-,59-,60-,61+,62+,63+,64+,65+,66-,67-,68+,69+,70+,71+/m1/s1. The molecule has 2 bridgehead atoms. The van der Waals surface area contributed by atoms with Gasteiger partial charge in [-0.05, 0) is 71.4 Å². The fourth-order valence-electron chi connectivity index (χ4n) is 12.9. The maximum atomic E-state index is 14.0. The fraction of sp³-hybridized carbons (Fsp3) is 0.831. The molecule has 0 amide bonds. The molecule has 5 aliphatic heterocycles. The van der Waals surface area contributed by atoms with Crippen LogP contribution in [0.25, 0.3) is 6.08 Å². The summed E-state index contributed by atoms with van der Waals surface area (Å²) in [6.07, 6.45) is 0.0422. The average Bonchev–Trinajstić information content (AvgIpc) is 0.784. The second-order valence-electron chi connectivity index (χ2n) is 26.3. The zero-order valence-electron chi connectivity index (χ0n) is 56.4. The van der Waals surface area contributed by atoms with Gasteiger partial charge in [-0.25, -0.2) is 4.79 Å². The van der Waals surface area contributed by atoms with Crippen LogP contribution in [0.15, 0.2) is 36.4 Å². The Hall–Kier alpha value is -3.68. The van der Waals surface area contributed by atoms with Crippen LogP contribution in [0.5, 0.6) is 0 Å². The summed E-state index contributed by atoms with van der Waals surface area (Å²) in [6, 6.07) is 9.02. The van der Waals surface area contributed by atoms with E-state index < -0.39 is 147 Å². The Labute approximate surface area is 547 Å². The first kappa shape index (κ1) is 77.3. The molecule has 21 nitrogen and oxygen atoms in total. The highest BCUT2D eigenvalue weighted by Gasteiger charge is 2.57. The van der Waals surface area contributed by atoms with Crippen LogP contribution >= 0.6 is 0 Å². The smallest absolute Gasteiger partial charge is 0.331 e. The van der Waals surface area contributed by atoms with Crippen LogP contribution in [0, 0.1) is 0 Å². The number of carbonyl (C=O) groups excluding carboxylic acids is 4. The molecule has 6 rings (SSSR count). The first-order valence-electron chi connectivity index (χ1n) is 35.6. The Kier molecular flexibility index (Phi) is 35.4. The molecule has 0 aliphatic carbocycles. The number of fused-ring (bicyclic) bond motifs is 3. The number of rotatable bonds is 31. The van der Waals surface area contributed by atoms with Crippen molar-refractivity contribution in [3.63, 3.8) is 0 Å². The molecule has 1 aromatic rings. The second kappa shape index (κ2) is 42.1. The molecule has 5 heterocycles. The molecule has 5 aliphatic rings. The van der Waals surface area contributed by atoms with Crippen molar-refractivity contribution in [1.82, 2.24) is 0 Å². The van der Waals surface area contributed by atoms with Crippen LogP contribution in [-0.4, -0.2) is 178 Å². The third kappa shape index (κ3) is 25.1. The van der Waals surface area contributed by atoms with Crippen LogP contribution < -0.4 is 0 Å². The van der Waals surface area contributed by atoms with Crippen LogP contribution in [-0.2, 0) is 76.0 Å². The molecule has 5 N–H and O–H groups in total. The Bertz CT molecular complexity index is 2260. The number of unbranched alkanes of at least 4 members (excludes halogenated alkanes) is 16. The van der Waals surface area contributed by atoms with Gasteiger partial charge in [0.1, 0.15) is 48.8 Å². The fourth-order valence-corrected chi connectivity index (χ4v) is 12.9. The molecule has 0 aromatic heterocycles. The molecule has 0 radical (unpaired) electrons. The van der Waals surface area contributed by atoms with E-state index in [-0.39, 0.29) is 25.4 Å². The second-order valence-corrected chi connectivity index (χ2v) is 26.3. The van der Waals surface area contributed by atoms with E-state index in [4.69, 9.17) is 56.8 Å². The van der Waals surface area contributed by atoms with E-state index in [1.54, 1.807) is 52.0 Å². The monoisotopic (exact) mass is 1300 g/mol. The van der Waals surface area contributed by atoms with Crippen LogP contribution in [0.2, 0.25) is 0 Å². The number of aliphatic hydroxyl groups is 5. The van der Waals surface area contributed by atoms with Crippen molar-refractivity contribution in [2.75, 3.05) is 0 Å². The highest BCUT2D eigenvalue weighted by molar-refractivity contribution is 5.87. The van der Waals surface area contributed by atoms with Gasteiger partial charge in [0.25, 0.3) is 0 Å². The Morgan fingerprint density at radius 1 is 0.467 bits per heavy atom. The summed E-state index contributed by atoms with van der Waals surface area (Å²) in [5.74, 6) is -2.76. The van der Waals surface area contributed by atoms with E-state index in [1.807, 2.05) is 6.07 Å². The first-order valence-corrected chi connectivity index (χ1v) is 35.6. The van der Waals surface area contributed by atoms with Crippen molar-refractivity contribution < 1.29 is 102 Å². The molecule has 526 valence electrons. The van der Waals surface area contributed by atoms with E-state index in [0.717, 1.165) is 135 Å². The van der Waals surface area contributed by atoms with Crippen LogP contribution in [0.4, 0.5) is 0 Å². The van der Waals surface area contributed by atoms with Gasteiger partial charge in [0.15, 0.2) is 49.6 Å². The summed E-state index contributed by atoms with van der Waals surface area (Å²) in [5.41, 5.74) is 0.692. The van der Waals surface area contributed by atoms with Gasteiger partial charge in [-0.1, -0.05) is 199 Å². The van der Waals surface area contributed by atoms with Crippen molar-refractivity contribution in [3.8, 4) is 0 Å². The molecule has 21 heteroatoms. The quantitative estimate of drug-likeness (QED) is 0.0200. The van der Waals surface area contributed by atoms with Gasteiger partial charge in [-0.3, -0.25) is 14.4 Å². The highest BCUT2D eigenvalue weighted by atomic mass is 16.8. The molecule has 0 unspecified atom stereocenters. The minimum absolute atomic E-state index is 0.0125. The largest absolute Gasteiger partial charge is 0.457 e. The molecular formula is C71H116O21. The lowest BCUT2D eigenvalue weighted by Gasteiger charge is -2.49. The highest BCUT2D eigenvalue weighted by Crippen LogP contribution is 2.38. The van der Waals surface area contributed by atoms with E-state index in [2.05, 4.69) is 20.8 Å². The third-order valence-corrected chi connectivity index (χ3v) is 18.5. The van der Waals surface area contributed by atoms with Crippen molar-refractivity contribution in [2.45, 2.75) is 376 Å². The summed E-state index contributed by atoms with van der Waals surface area (Å²) in [5, 5.41) is 60.0. The number of hydrogen-bond acceptors (Lipinski definition) is 21. The van der Waals surface area contributed by atoms with Gasteiger partial charge in [0, 0.05) is 25.3 Å². The van der Waals surface area contributed by atoms with Gasteiger partial charge in [0.2, 0.25) is 0 Å². The van der Waals surface area contributed by atoms with Crippen LogP contribution in [0.3, 0.4) is 0 Å². The lowest BCUT2D eigenvalue weighted by atomic mass is 9.95.